The summed E-state index contributed by atoms with van der Waals surface area (Å²) in [7, 11) is 0. The molecule has 3 nitrogen and oxygen atoms in total. The zero-order chi connectivity index (χ0) is 7.52. The fourth-order valence-electron chi connectivity index (χ4n) is 1.99. The van der Waals surface area contributed by atoms with E-state index in [-0.39, 0.29) is 0 Å². The van der Waals surface area contributed by atoms with Gasteiger partial charge in [0.1, 0.15) is 0 Å². The third kappa shape index (κ3) is 1.72. The minimum Gasteiger partial charge on any atom is -0.317 e. The van der Waals surface area contributed by atoms with Crippen LogP contribution in [0.1, 0.15) is 19.3 Å². The molecule has 2 rings (SSSR count). The Morgan fingerprint density at radius 1 is 1.09 bits per heavy atom. The lowest BCUT2D eigenvalue weighted by molar-refractivity contribution is 0.0736. The highest BCUT2D eigenvalue weighted by Crippen LogP contribution is 2.20. The second-order valence-electron chi connectivity index (χ2n) is 3.45. The van der Waals surface area contributed by atoms with Crippen LogP contribution in [-0.4, -0.2) is 25.7 Å². The minimum atomic E-state index is 0.636. The number of hydroxylamine groups is 1. The van der Waals surface area contributed by atoms with Crippen LogP contribution in [0.15, 0.2) is 0 Å². The molecular formula is C8H16N2O. The van der Waals surface area contributed by atoms with Crippen LogP contribution < -0.4 is 10.8 Å². The van der Waals surface area contributed by atoms with Crippen molar-refractivity contribution in [3.63, 3.8) is 0 Å². The molecule has 0 bridgehead atoms. The van der Waals surface area contributed by atoms with Gasteiger partial charge in [-0.05, 0) is 38.3 Å². The number of hydrogen-bond acceptors (Lipinski definition) is 3. The summed E-state index contributed by atoms with van der Waals surface area (Å²) < 4.78 is 0. The van der Waals surface area contributed by atoms with Gasteiger partial charge in [0.15, 0.2) is 0 Å². The highest BCUT2D eigenvalue weighted by atomic mass is 16.7. The van der Waals surface area contributed by atoms with Crippen molar-refractivity contribution in [3.8, 4) is 0 Å². The molecule has 0 saturated carbocycles. The maximum Gasteiger partial charge on any atom is 0.0698 e. The summed E-state index contributed by atoms with van der Waals surface area (Å²) >= 11 is 0. The van der Waals surface area contributed by atoms with Gasteiger partial charge in [-0.2, -0.15) is 5.48 Å². The molecule has 0 radical (unpaired) electrons. The molecule has 3 heteroatoms. The van der Waals surface area contributed by atoms with Crippen LogP contribution in [0.5, 0.6) is 0 Å². The van der Waals surface area contributed by atoms with Gasteiger partial charge in [-0.15, -0.1) is 0 Å². The van der Waals surface area contributed by atoms with Crippen LogP contribution in [0, 0.1) is 5.92 Å². The van der Waals surface area contributed by atoms with Gasteiger partial charge in [-0.3, -0.25) is 0 Å². The van der Waals surface area contributed by atoms with Gasteiger partial charge in [0.05, 0.1) is 6.61 Å². The van der Waals surface area contributed by atoms with Crippen LogP contribution in [0.3, 0.4) is 0 Å². The standard InChI is InChI=1S/C8H16N2O/c1-4-9-5-2-7(1)8-3-6-11-10-8/h7-10H,1-6H2. The summed E-state index contributed by atoms with van der Waals surface area (Å²) in [6, 6.07) is 0.636. The van der Waals surface area contributed by atoms with Crippen LogP contribution in [0.4, 0.5) is 0 Å². The van der Waals surface area contributed by atoms with Crippen molar-refractivity contribution in [2.24, 2.45) is 5.92 Å². The van der Waals surface area contributed by atoms with Crippen LogP contribution >= 0.6 is 0 Å². The number of hydrogen-bond donors (Lipinski definition) is 2. The van der Waals surface area contributed by atoms with Crippen molar-refractivity contribution in [2.75, 3.05) is 19.7 Å². The first-order chi connectivity index (χ1) is 5.47. The molecule has 1 unspecified atom stereocenters. The van der Waals surface area contributed by atoms with Crippen molar-refractivity contribution in [3.05, 3.63) is 0 Å². The summed E-state index contributed by atoms with van der Waals surface area (Å²) in [5, 5.41) is 3.37. The molecule has 64 valence electrons. The minimum absolute atomic E-state index is 0.636. The second kappa shape index (κ2) is 3.52. The molecule has 2 aliphatic rings. The smallest absolute Gasteiger partial charge is 0.0698 e. The maximum atomic E-state index is 5.14. The number of rotatable bonds is 1. The number of nitrogens with one attached hydrogen (secondary N) is 2. The molecule has 0 aromatic heterocycles. The van der Waals surface area contributed by atoms with E-state index < -0.39 is 0 Å². The Bertz CT molecular complexity index is 117. The van der Waals surface area contributed by atoms with Gasteiger partial charge in [0.25, 0.3) is 0 Å². The van der Waals surface area contributed by atoms with Crippen molar-refractivity contribution in [2.45, 2.75) is 25.3 Å². The SMILES string of the molecule is C1CC(C2CCON2)CCN1. The summed E-state index contributed by atoms with van der Waals surface area (Å²) in [5.74, 6) is 0.846. The maximum absolute atomic E-state index is 5.14. The quantitative estimate of drug-likeness (QED) is 0.572. The zero-order valence-corrected chi connectivity index (χ0v) is 6.81. The van der Waals surface area contributed by atoms with E-state index in [1.54, 1.807) is 0 Å². The van der Waals surface area contributed by atoms with Gasteiger partial charge < -0.3 is 10.2 Å². The van der Waals surface area contributed by atoms with Crippen molar-refractivity contribution in [1.82, 2.24) is 10.8 Å². The van der Waals surface area contributed by atoms with Crippen LogP contribution in [0.25, 0.3) is 0 Å². The predicted octanol–water partition coefficient (Wildman–Crippen LogP) is 0.279. The topological polar surface area (TPSA) is 33.3 Å². The molecule has 11 heavy (non-hydrogen) atoms. The normalized spacial score (nSPS) is 34.4. The Kier molecular flexibility index (Phi) is 2.41. The molecule has 0 aromatic rings. The zero-order valence-electron chi connectivity index (χ0n) is 6.81. The summed E-state index contributed by atoms with van der Waals surface area (Å²) in [6.07, 6.45) is 3.81. The molecule has 2 heterocycles. The van der Waals surface area contributed by atoms with Crippen molar-refractivity contribution in [1.29, 1.82) is 0 Å². The average Bonchev–Trinajstić information content (AvgIpc) is 2.58. The van der Waals surface area contributed by atoms with Gasteiger partial charge in [0.2, 0.25) is 0 Å². The highest BCUT2D eigenvalue weighted by Gasteiger charge is 2.26. The fraction of sp³-hybridized carbons (Fsp3) is 1.00. The van der Waals surface area contributed by atoms with E-state index in [2.05, 4.69) is 10.8 Å². The van der Waals surface area contributed by atoms with Gasteiger partial charge in [-0.25, -0.2) is 0 Å². The number of piperidine rings is 1. The molecule has 2 N–H and O–H groups in total. The summed E-state index contributed by atoms with van der Waals surface area (Å²) in [6.45, 7) is 3.26. The molecule has 0 aliphatic carbocycles. The Morgan fingerprint density at radius 2 is 1.91 bits per heavy atom. The van der Waals surface area contributed by atoms with Crippen molar-refractivity contribution < 1.29 is 4.84 Å². The Labute approximate surface area is 67.4 Å². The van der Waals surface area contributed by atoms with E-state index in [1.807, 2.05) is 0 Å². The summed E-state index contributed by atoms with van der Waals surface area (Å²) in [4.78, 5) is 5.14. The molecular weight excluding hydrogens is 140 g/mol. The first kappa shape index (κ1) is 7.53. The Balaban J connectivity index is 1.82. The van der Waals surface area contributed by atoms with Crippen LogP contribution in [0.2, 0.25) is 0 Å². The molecule has 0 amide bonds. The van der Waals surface area contributed by atoms with E-state index in [1.165, 1.54) is 32.4 Å². The van der Waals surface area contributed by atoms with Gasteiger partial charge >= 0.3 is 0 Å². The van der Waals surface area contributed by atoms with E-state index in [4.69, 9.17) is 4.84 Å². The first-order valence-corrected chi connectivity index (χ1v) is 4.55. The third-order valence-corrected chi connectivity index (χ3v) is 2.72. The van der Waals surface area contributed by atoms with E-state index in [0.717, 1.165) is 12.5 Å². The lowest BCUT2D eigenvalue weighted by Gasteiger charge is -2.26. The lowest BCUT2D eigenvalue weighted by atomic mass is 9.89. The molecule has 0 spiro atoms. The summed E-state index contributed by atoms with van der Waals surface area (Å²) in [5.41, 5.74) is 3.10. The molecule has 2 saturated heterocycles. The lowest BCUT2D eigenvalue weighted by Crippen LogP contribution is -2.38. The predicted molar refractivity (Wildman–Crippen MR) is 43.1 cm³/mol. The molecule has 2 aliphatic heterocycles. The molecule has 0 aromatic carbocycles. The van der Waals surface area contributed by atoms with E-state index >= 15 is 0 Å². The fourth-order valence-corrected chi connectivity index (χ4v) is 1.99. The Morgan fingerprint density at radius 3 is 2.55 bits per heavy atom. The van der Waals surface area contributed by atoms with Gasteiger partial charge in [0, 0.05) is 6.04 Å². The highest BCUT2D eigenvalue weighted by molar-refractivity contribution is 4.80. The second-order valence-corrected chi connectivity index (χ2v) is 3.45. The first-order valence-electron chi connectivity index (χ1n) is 4.55. The molecule has 2 fully saturated rings. The van der Waals surface area contributed by atoms with E-state index in [0.29, 0.717) is 6.04 Å². The molecule has 1 atom stereocenters. The van der Waals surface area contributed by atoms with Gasteiger partial charge in [-0.1, -0.05) is 0 Å². The average molecular weight is 156 g/mol. The van der Waals surface area contributed by atoms with E-state index in [9.17, 15) is 0 Å². The largest absolute Gasteiger partial charge is 0.317 e. The third-order valence-electron chi connectivity index (χ3n) is 2.72. The van der Waals surface area contributed by atoms with Crippen LogP contribution in [-0.2, 0) is 4.84 Å². The van der Waals surface area contributed by atoms with Crippen molar-refractivity contribution >= 4 is 0 Å². The monoisotopic (exact) mass is 156 g/mol. The Hall–Kier alpha value is -0.120.